The Morgan fingerprint density at radius 3 is 3.00 bits per heavy atom. The summed E-state index contributed by atoms with van der Waals surface area (Å²) in [5.41, 5.74) is 0.0453. The van der Waals surface area contributed by atoms with Crippen LogP contribution in [0.25, 0.3) is 0 Å². The van der Waals surface area contributed by atoms with Crippen molar-refractivity contribution in [1.29, 1.82) is 0 Å². The van der Waals surface area contributed by atoms with Crippen molar-refractivity contribution in [2.45, 2.75) is 4.34 Å². The van der Waals surface area contributed by atoms with Gasteiger partial charge in [-0.3, -0.25) is 14.9 Å². The normalized spacial score (nSPS) is 10.5. The van der Waals surface area contributed by atoms with Crippen molar-refractivity contribution in [1.82, 2.24) is 10.2 Å². The lowest BCUT2D eigenvalue weighted by Gasteiger charge is -2.04. The average molecular weight is 404 g/mol. The van der Waals surface area contributed by atoms with Crippen LogP contribution in [-0.4, -0.2) is 47.0 Å². The molecule has 9 nitrogen and oxygen atoms in total. The summed E-state index contributed by atoms with van der Waals surface area (Å²) < 4.78 is 5.56. The zero-order valence-electron chi connectivity index (χ0n) is 13.0. The van der Waals surface area contributed by atoms with E-state index in [1.807, 2.05) is 0 Å². The lowest BCUT2D eigenvalue weighted by molar-refractivity contribution is -0.384. The first-order valence-electron chi connectivity index (χ1n) is 6.92. The fourth-order valence-electron chi connectivity index (χ4n) is 1.65. The van der Waals surface area contributed by atoms with Crippen LogP contribution in [0.3, 0.4) is 0 Å². The maximum Gasteiger partial charge on any atom is 0.289 e. The molecule has 0 bridgehead atoms. The predicted octanol–water partition coefficient (Wildman–Crippen LogP) is 2.89. The summed E-state index contributed by atoms with van der Waals surface area (Å²) in [5.74, 6) is -0.214. The van der Waals surface area contributed by atoms with E-state index in [1.54, 1.807) is 7.11 Å². The molecule has 25 heavy (non-hydrogen) atoms. The van der Waals surface area contributed by atoms with Crippen LogP contribution in [0.4, 0.5) is 16.5 Å². The second-order valence-corrected chi connectivity index (χ2v) is 7.16. The molecule has 134 valence electrons. The summed E-state index contributed by atoms with van der Waals surface area (Å²) in [6.45, 7) is 1.17. The minimum absolute atomic E-state index is 0.0136. The van der Waals surface area contributed by atoms with E-state index in [0.717, 1.165) is 0 Å². The monoisotopic (exact) mass is 403 g/mol. The molecule has 0 aliphatic carbocycles. The molecule has 0 unspecified atom stereocenters. The van der Waals surface area contributed by atoms with Crippen LogP contribution in [0.1, 0.15) is 0 Å². The first-order chi connectivity index (χ1) is 12.0. The van der Waals surface area contributed by atoms with Crippen molar-refractivity contribution in [2.75, 3.05) is 36.6 Å². The number of carbonyl (C=O) groups is 1. The number of rotatable bonds is 9. The Morgan fingerprint density at radius 1 is 1.48 bits per heavy atom. The quantitative estimate of drug-likeness (QED) is 0.284. The van der Waals surface area contributed by atoms with Crippen molar-refractivity contribution < 1.29 is 14.5 Å². The number of nitrogens with zero attached hydrogens (tertiary/aromatic N) is 3. The third-order valence-corrected chi connectivity index (χ3v) is 5.08. The van der Waals surface area contributed by atoms with Crippen LogP contribution >= 0.6 is 34.7 Å². The van der Waals surface area contributed by atoms with Gasteiger partial charge in [-0.15, -0.1) is 10.2 Å². The fourth-order valence-corrected chi connectivity index (χ4v) is 3.42. The number of benzene rings is 1. The molecule has 0 radical (unpaired) electrons. The number of aromatic nitrogens is 2. The number of ether oxygens (including phenoxy) is 1. The Morgan fingerprint density at radius 2 is 2.28 bits per heavy atom. The third kappa shape index (κ3) is 6.12. The van der Waals surface area contributed by atoms with Crippen LogP contribution < -0.4 is 10.6 Å². The number of nitro groups is 1. The number of hydrogen-bond donors (Lipinski definition) is 2. The van der Waals surface area contributed by atoms with Crippen molar-refractivity contribution >= 4 is 57.1 Å². The summed E-state index contributed by atoms with van der Waals surface area (Å²) in [7, 11) is 1.61. The number of carbonyl (C=O) groups excluding carboxylic acids is 1. The molecule has 0 aliphatic heterocycles. The number of hydrogen-bond acceptors (Lipinski definition) is 9. The molecule has 2 rings (SSSR count). The summed E-state index contributed by atoms with van der Waals surface area (Å²) in [6.07, 6.45) is 0. The van der Waals surface area contributed by atoms with Gasteiger partial charge in [0.2, 0.25) is 11.0 Å². The van der Waals surface area contributed by atoms with E-state index in [1.165, 1.54) is 41.3 Å². The Hall–Kier alpha value is -1.95. The maximum absolute atomic E-state index is 12.0. The van der Waals surface area contributed by atoms with Gasteiger partial charge in [0, 0.05) is 25.4 Å². The topological polar surface area (TPSA) is 119 Å². The lowest BCUT2D eigenvalue weighted by Crippen LogP contribution is -2.14. The molecule has 1 aromatic heterocycles. The van der Waals surface area contributed by atoms with Crippen LogP contribution in [0.15, 0.2) is 22.5 Å². The van der Waals surface area contributed by atoms with Crippen molar-refractivity contribution in [3.8, 4) is 0 Å². The Labute approximate surface area is 156 Å². The minimum Gasteiger partial charge on any atom is -0.383 e. The number of thioether (sulfide) groups is 1. The fraction of sp³-hybridized carbons (Fsp3) is 0.308. The number of nitrogens with one attached hydrogen (secondary N) is 2. The van der Waals surface area contributed by atoms with E-state index in [-0.39, 0.29) is 22.4 Å². The summed E-state index contributed by atoms with van der Waals surface area (Å²) >= 11 is 8.28. The Balaban J connectivity index is 1.85. The van der Waals surface area contributed by atoms with Gasteiger partial charge in [0.25, 0.3) is 5.69 Å². The number of methoxy groups -OCH3 is 1. The first-order valence-corrected chi connectivity index (χ1v) is 9.10. The van der Waals surface area contributed by atoms with Gasteiger partial charge in [0.05, 0.1) is 17.3 Å². The SMILES string of the molecule is COCCNc1nnc(SCC(=O)Nc2ccc(Cl)c([N+](=O)[O-])c2)s1. The first kappa shape index (κ1) is 19.4. The number of anilines is 2. The summed E-state index contributed by atoms with van der Waals surface area (Å²) in [6, 6.07) is 4.08. The van der Waals surface area contributed by atoms with Gasteiger partial charge in [-0.1, -0.05) is 34.7 Å². The largest absolute Gasteiger partial charge is 0.383 e. The van der Waals surface area contributed by atoms with Gasteiger partial charge in [-0.05, 0) is 12.1 Å². The number of nitro benzene ring substituents is 1. The molecule has 1 heterocycles. The molecule has 12 heteroatoms. The Kier molecular flexibility index (Phi) is 7.37. The standard InChI is InChI=1S/C13H14ClN5O4S2/c1-23-5-4-15-12-17-18-13(25-12)24-7-11(20)16-8-2-3-9(14)10(6-8)19(21)22/h2-3,6H,4-5,7H2,1H3,(H,15,17)(H,16,20). The molecule has 0 saturated heterocycles. The van der Waals surface area contributed by atoms with Gasteiger partial charge in [-0.25, -0.2) is 0 Å². The van der Waals surface area contributed by atoms with Crippen molar-refractivity contribution in [2.24, 2.45) is 0 Å². The van der Waals surface area contributed by atoms with Gasteiger partial charge in [-0.2, -0.15) is 0 Å². The second-order valence-electron chi connectivity index (χ2n) is 4.55. The molecule has 0 aliphatic rings. The third-order valence-electron chi connectivity index (χ3n) is 2.74. The van der Waals surface area contributed by atoms with E-state index in [9.17, 15) is 14.9 Å². The zero-order valence-corrected chi connectivity index (χ0v) is 15.4. The summed E-state index contributed by atoms with van der Waals surface area (Å²) in [5, 5.41) is 25.0. The molecule has 2 N–H and O–H groups in total. The highest BCUT2D eigenvalue weighted by molar-refractivity contribution is 8.01. The molecule has 0 atom stereocenters. The minimum atomic E-state index is -0.605. The van der Waals surface area contributed by atoms with Gasteiger partial charge >= 0.3 is 0 Å². The molecule has 1 amide bonds. The molecule has 0 fully saturated rings. The molecule has 1 aromatic carbocycles. The number of halogens is 1. The van der Waals surface area contributed by atoms with E-state index >= 15 is 0 Å². The second kappa shape index (κ2) is 9.51. The van der Waals surface area contributed by atoms with Gasteiger partial charge in [0.1, 0.15) is 5.02 Å². The smallest absolute Gasteiger partial charge is 0.289 e. The van der Waals surface area contributed by atoms with E-state index in [0.29, 0.717) is 28.3 Å². The highest BCUT2D eigenvalue weighted by atomic mass is 35.5. The van der Waals surface area contributed by atoms with Gasteiger partial charge < -0.3 is 15.4 Å². The van der Waals surface area contributed by atoms with E-state index in [2.05, 4.69) is 20.8 Å². The highest BCUT2D eigenvalue weighted by Crippen LogP contribution is 2.28. The molecule has 0 spiro atoms. The van der Waals surface area contributed by atoms with Crippen LogP contribution in [0.5, 0.6) is 0 Å². The zero-order chi connectivity index (χ0) is 18.2. The van der Waals surface area contributed by atoms with Crippen LogP contribution in [-0.2, 0) is 9.53 Å². The molecular formula is C13H14ClN5O4S2. The van der Waals surface area contributed by atoms with Crippen LogP contribution in [0, 0.1) is 10.1 Å². The molecule has 0 saturated carbocycles. The molecular weight excluding hydrogens is 390 g/mol. The summed E-state index contributed by atoms with van der Waals surface area (Å²) in [4.78, 5) is 22.2. The highest BCUT2D eigenvalue weighted by Gasteiger charge is 2.14. The Bertz CT molecular complexity index is 758. The van der Waals surface area contributed by atoms with Crippen molar-refractivity contribution in [3.05, 3.63) is 33.3 Å². The predicted molar refractivity (Wildman–Crippen MR) is 97.7 cm³/mol. The van der Waals surface area contributed by atoms with Gasteiger partial charge in [0.15, 0.2) is 4.34 Å². The number of amides is 1. The maximum atomic E-state index is 12.0. The van der Waals surface area contributed by atoms with Crippen molar-refractivity contribution in [3.63, 3.8) is 0 Å². The lowest BCUT2D eigenvalue weighted by atomic mass is 10.3. The van der Waals surface area contributed by atoms with E-state index in [4.69, 9.17) is 16.3 Å². The molecule has 2 aromatic rings. The van der Waals surface area contributed by atoms with Crippen LogP contribution in [0.2, 0.25) is 5.02 Å². The average Bonchev–Trinajstić information content (AvgIpc) is 3.03. The van der Waals surface area contributed by atoms with E-state index < -0.39 is 4.92 Å².